The van der Waals surface area contributed by atoms with Gasteiger partial charge in [-0.15, -0.1) is 6.58 Å². The van der Waals surface area contributed by atoms with Gasteiger partial charge in [-0.3, -0.25) is 0 Å². The molecule has 0 aromatic heterocycles. The van der Waals surface area contributed by atoms with E-state index in [0.29, 0.717) is 19.1 Å². The van der Waals surface area contributed by atoms with E-state index in [1.165, 1.54) is 11.1 Å². The van der Waals surface area contributed by atoms with E-state index in [1.54, 1.807) is 5.57 Å². The molecule has 0 aliphatic heterocycles. The summed E-state index contributed by atoms with van der Waals surface area (Å²) in [4.78, 5) is 0. The highest BCUT2D eigenvalue weighted by atomic mass is 28.3. The van der Waals surface area contributed by atoms with Gasteiger partial charge in [0.15, 0.2) is 0 Å². The zero-order valence-electron chi connectivity index (χ0n) is 19.5. The molecule has 166 valence electrons. The molecule has 1 fully saturated rings. The minimum atomic E-state index is -1.30. The molecule has 1 unspecified atom stereocenters. The molecule has 1 atom stereocenters. The van der Waals surface area contributed by atoms with Gasteiger partial charge < -0.3 is 9.47 Å². The Balaban J connectivity index is 1.72. The summed E-state index contributed by atoms with van der Waals surface area (Å²) >= 11 is 0. The summed E-state index contributed by atoms with van der Waals surface area (Å²) in [5.41, 5.74) is 6.69. The Morgan fingerprint density at radius 3 is 1.87 bits per heavy atom. The third kappa shape index (κ3) is 7.60. The maximum atomic E-state index is 6.29. The highest BCUT2D eigenvalue weighted by Gasteiger charge is 2.42. The lowest BCUT2D eigenvalue weighted by Gasteiger charge is -2.29. The molecule has 0 amide bonds. The highest BCUT2D eigenvalue weighted by molar-refractivity contribution is 6.81. The molecule has 1 aliphatic carbocycles. The molecule has 2 aromatic carbocycles. The van der Waals surface area contributed by atoms with Gasteiger partial charge in [-0.2, -0.15) is 0 Å². The molecule has 2 nitrogen and oxygen atoms in total. The van der Waals surface area contributed by atoms with E-state index >= 15 is 0 Å². The van der Waals surface area contributed by atoms with Crippen LogP contribution in [0.25, 0.3) is 0 Å². The average Bonchev–Trinajstić information content (AvgIpc) is 3.05. The molecule has 0 heterocycles. The molecule has 1 aliphatic rings. The molecule has 0 radical (unpaired) electrons. The van der Waals surface area contributed by atoms with E-state index in [9.17, 15) is 0 Å². The lowest BCUT2D eigenvalue weighted by molar-refractivity contribution is -0.0307. The van der Waals surface area contributed by atoms with Gasteiger partial charge in [-0.25, -0.2) is 0 Å². The zero-order chi connectivity index (χ0) is 22.2. The van der Waals surface area contributed by atoms with Gasteiger partial charge in [-0.05, 0) is 36.3 Å². The largest absolute Gasteiger partial charge is 0.376 e. The minimum absolute atomic E-state index is 0.0305. The van der Waals surface area contributed by atoms with Crippen LogP contribution >= 0.6 is 0 Å². The van der Waals surface area contributed by atoms with E-state index in [1.807, 2.05) is 12.1 Å². The first kappa shape index (κ1) is 23.7. The molecule has 0 saturated heterocycles. The number of allylic oxidation sites excluding steroid dienone is 2. The quantitative estimate of drug-likeness (QED) is 0.275. The zero-order valence-corrected chi connectivity index (χ0v) is 20.5. The second-order valence-corrected chi connectivity index (χ2v) is 15.2. The van der Waals surface area contributed by atoms with Crippen molar-refractivity contribution in [2.75, 3.05) is 13.2 Å². The fourth-order valence-electron chi connectivity index (χ4n) is 4.65. The minimum Gasteiger partial charge on any atom is -0.376 e. The van der Waals surface area contributed by atoms with Gasteiger partial charge in [0.2, 0.25) is 0 Å². The summed E-state index contributed by atoms with van der Waals surface area (Å²) in [7, 11) is -1.30. The predicted octanol–water partition coefficient (Wildman–Crippen LogP) is 7.20. The van der Waals surface area contributed by atoms with Crippen LogP contribution in [0, 0.1) is 11.3 Å². The van der Waals surface area contributed by atoms with Crippen LogP contribution in [-0.4, -0.2) is 21.3 Å². The van der Waals surface area contributed by atoms with Crippen LogP contribution in [0.5, 0.6) is 0 Å². The molecule has 31 heavy (non-hydrogen) atoms. The van der Waals surface area contributed by atoms with Crippen LogP contribution in [-0.2, 0) is 22.7 Å². The van der Waals surface area contributed by atoms with Crippen LogP contribution < -0.4 is 0 Å². The SMILES string of the molecule is C=CCC1CC(COCc2ccccc2)(COCc2ccccc2)C/C1=C\[Si](C)(C)C. The van der Waals surface area contributed by atoms with Gasteiger partial charge in [0.05, 0.1) is 34.5 Å². The summed E-state index contributed by atoms with van der Waals surface area (Å²) in [6.07, 6.45) is 5.29. The van der Waals surface area contributed by atoms with Crippen molar-refractivity contribution in [3.8, 4) is 0 Å². The molecule has 0 bridgehead atoms. The van der Waals surface area contributed by atoms with Gasteiger partial charge >= 0.3 is 0 Å². The Morgan fingerprint density at radius 2 is 1.42 bits per heavy atom. The first-order valence-corrected chi connectivity index (χ1v) is 15.0. The van der Waals surface area contributed by atoms with Crippen LogP contribution in [0.1, 0.15) is 30.4 Å². The summed E-state index contributed by atoms with van der Waals surface area (Å²) in [5.74, 6) is 0.560. The maximum Gasteiger partial charge on any atom is 0.0717 e. The van der Waals surface area contributed by atoms with Crippen molar-refractivity contribution in [1.82, 2.24) is 0 Å². The summed E-state index contributed by atoms with van der Waals surface area (Å²) in [6, 6.07) is 20.9. The summed E-state index contributed by atoms with van der Waals surface area (Å²) in [5, 5.41) is 0. The standard InChI is InChI=1S/C28H38O2Si/c1-5-12-26-17-28(18-27(26)21-31(2,3)4,22-29-19-24-13-8-6-9-14-24)23-30-20-25-15-10-7-11-16-25/h5-11,13-16,21,26H,1,12,17-20,22-23H2,2-4H3/b27-21+. The van der Waals surface area contributed by atoms with Crippen molar-refractivity contribution in [2.45, 2.75) is 52.1 Å². The topological polar surface area (TPSA) is 18.5 Å². The van der Waals surface area contributed by atoms with Crippen molar-refractivity contribution < 1.29 is 9.47 Å². The fourth-order valence-corrected chi connectivity index (χ4v) is 6.10. The normalized spacial score (nSPS) is 19.6. The van der Waals surface area contributed by atoms with Crippen molar-refractivity contribution >= 4 is 8.07 Å². The molecule has 3 rings (SSSR count). The van der Waals surface area contributed by atoms with Gasteiger partial charge in [0.25, 0.3) is 0 Å². The first-order chi connectivity index (χ1) is 14.9. The lowest BCUT2D eigenvalue weighted by Crippen LogP contribution is -2.30. The van der Waals surface area contributed by atoms with Crippen molar-refractivity contribution in [2.24, 2.45) is 11.3 Å². The molecular formula is C28H38O2Si. The smallest absolute Gasteiger partial charge is 0.0717 e. The van der Waals surface area contributed by atoms with E-state index in [0.717, 1.165) is 32.5 Å². The number of ether oxygens (including phenoxy) is 2. The molecule has 1 saturated carbocycles. The van der Waals surface area contributed by atoms with Crippen molar-refractivity contribution in [1.29, 1.82) is 0 Å². The van der Waals surface area contributed by atoms with Gasteiger partial charge in [0, 0.05) is 5.41 Å². The van der Waals surface area contributed by atoms with Gasteiger partial charge in [0.1, 0.15) is 0 Å². The lowest BCUT2D eigenvalue weighted by atomic mass is 9.86. The van der Waals surface area contributed by atoms with Crippen molar-refractivity contribution in [3.05, 3.63) is 95.7 Å². The van der Waals surface area contributed by atoms with Crippen LogP contribution in [0.4, 0.5) is 0 Å². The molecule has 0 spiro atoms. The second kappa shape index (κ2) is 11.1. The third-order valence-electron chi connectivity index (χ3n) is 5.89. The van der Waals surface area contributed by atoms with Crippen molar-refractivity contribution in [3.63, 3.8) is 0 Å². The Kier molecular flexibility index (Phi) is 8.48. The Labute approximate surface area is 190 Å². The van der Waals surface area contributed by atoms with E-state index in [4.69, 9.17) is 9.47 Å². The molecular weight excluding hydrogens is 396 g/mol. The number of hydrogen-bond donors (Lipinski definition) is 0. The third-order valence-corrected chi connectivity index (χ3v) is 7.13. The summed E-state index contributed by atoms with van der Waals surface area (Å²) < 4.78 is 12.6. The Hall–Kier alpha value is -1.94. The van der Waals surface area contributed by atoms with Crippen LogP contribution in [0.2, 0.25) is 19.6 Å². The van der Waals surface area contributed by atoms with E-state index < -0.39 is 8.07 Å². The molecule has 2 aromatic rings. The average molecular weight is 435 g/mol. The molecule has 3 heteroatoms. The maximum absolute atomic E-state index is 6.29. The van der Waals surface area contributed by atoms with E-state index in [2.05, 4.69) is 86.5 Å². The van der Waals surface area contributed by atoms with Crippen LogP contribution in [0.15, 0.2) is 84.6 Å². The number of benzene rings is 2. The number of rotatable bonds is 11. The van der Waals surface area contributed by atoms with E-state index in [-0.39, 0.29) is 5.41 Å². The predicted molar refractivity (Wildman–Crippen MR) is 134 cm³/mol. The van der Waals surface area contributed by atoms with Crippen LogP contribution in [0.3, 0.4) is 0 Å². The van der Waals surface area contributed by atoms with Gasteiger partial charge in [-0.1, -0.05) is 97.7 Å². The summed E-state index contributed by atoms with van der Waals surface area (Å²) in [6.45, 7) is 14.1. The Morgan fingerprint density at radius 1 is 0.903 bits per heavy atom. The molecule has 0 N–H and O–H groups in total. The fraction of sp³-hybridized carbons (Fsp3) is 0.429. The Bertz CT molecular complexity index is 791. The monoisotopic (exact) mass is 434 g/mol. The second-order valence-electron chi connectivity index (χ2n) is 10.1. The highest BCUT2D eigenvalue weighted by Crippen LogP contribution is 2.48. The number of hydrogen-bond acceptors (Lipinski definition) is 2. The first-order valence-electron chi connectivity index (χ1n) is 11.4.